The molecule has 0 saturated carbocycles. The molecule has 0 radical (unpaired) electrons. The van der Waals surface area contributed by atoms with E-state index >= 15 is 0 Å². The second kappa shape index (κ2) is 7.29. The Balaban J connectivity index is 2.42. The number of hydrogen-bond donors (Lipinski definition) is 1. The number of nitrogens with zero attached hydrogens (tertiary/aromatic N) is 1. The summed E-state index contributed by atoms with van der Waals surface area (Å²) in [5, 5.41) is 0. The summed E-state index contributed by atoms with van der Waals surface area (Å²) in [6.07, 6.45) is 6.72. The second-order valence-electron chi connectivity index (χ2n) is 5.51. The lowest BCUT2D eigenvalue weighted by Gasteiger charge is -2.32. The summed E-state index contributed by atoms with van der Waals surface area (Å²) in [5.41, 5.74) is 5.96. The van der Waals surface area contributed by atoms with Crippen molar-refractivity contribution in [2.24, 2.45) is 17.6 Å². The average molecular weight is 226 g/mol. The maximum Gasteiger partial charge on any atom is 0.0244 e. The highest BCUT2D eigenvalue weighted by Gasteiger charge is 2.29. The Bertz CT molecular complexity index is 182. The first kappa shape index (κ1) is 14.0. The fourth-order valence-electron chi connectivity index (χ4n) is 3.20. The summed E-state index contributed by atoms with van der Waals surface area (Å²) in [7, 11) is 0. The summed E-state index contributed by atoms with van der Waals surface area (Å²) in [6, 6.07) is 0.627. The van der Waals surface area contributed by atoms with Crippen LogP contribution in [0.5, 0.6) is 0 Å². The molecule has 3 unspecified atom stereocenters. The van der Waals surface area contributed by atoms with Gasteiger partial charge in [-0.1, -0.05) is 33.6 Å². The molecule has 2 nitrogen and oxygen atoms in total. The first-order chi connectivity index (χ1) is 7.72. The predicted molar refractivity (Wildman–Crippen MR) is 71.5 cm³/mol. The van der Waals surface area contributed by atoms with Gasteiger partial charge in [-0.25, -0.2) is 0 Å². The van der Waals surface area contributed by atoms with Crippen molar-refractivity contribution in [1.82, 2.24) is 4.90 Å². The molecule has 0 aromatic carbocycles. The Hall–Kier alpha value is -0.0800. The van der Waals surface area contributed by atoms with Gasteiger partial charge in [0.05, 0.1) is 0 Å². The van der Waals surface area contributed by atoms with Crippen LogP contribution in [0.3, 0.4) is 0 Å². The molecule has 1 rings (SSSR count). The normalized spacial score (nSPS) is 25.9. The van der Waals surface area contributed by atoms with Gasteiger partial charge in [0.2, 0.25) is 0 Å². The summed E-state index contributed by atoms with van der Waals surface area (Å²) in [4.78, 5) is 2.65. The number of rotatable bonds is 7. The third kappa shape index (κ3) is 3.74. The van der Waals surface area contributed by atoms with Gasteiger partial charge in [0.1, 0.15) is 0 Å². The van der Waals surface area contributed by atoms with Crippen LogP contribution in [-0.2, 0) is 0 Å². The highest BCUT2D eigenvalue weighted by molar-refractivity contribution is 4.84. The van der Waals surface area contributed by atoms with Gasteiger partial charge in [-0.15, -0.1) is 0 Å². The zero-order chi connectivity index (χ0) is 12.0. The van der Waals surface area contributed by atoms with Crippen LogP contribution in [0.1, 0.15) is 52.9 Å². The van der Waals surface area contributed by atoms with E-state index in [4.69, 9.17) is 5.73 Å². The lowest BCUT2D eigenvalue weighted by Crippen LogP contribution is -2.43. The zero-order valence-electron chi connectivity index (χ0n) is 11.4. The molecule has 3 atom stereocenters. The lowest BCUT2D eigenvalue weighted by molar-refractivity contribution is 0.174. The van der Waals surface area contributed by atoms with Crippen molar-refractivity contribution in [3.8, 4) is 0 Å². The molecule has 0 aliphatic carbocycles. The summed E-state index contributed by atoms with van der Waals surface area (Å²) in [6.45, 7) is 10.3. The highest BCUT2D eigenvalue weighted by Crippen LogP contribution is 2.26. The topological polar surface area (TPSA) is 29.3 Å². The Kier molecular flexibility index (Phi) is 6.37. The Morgan fingerprint density at radius 1 is 1.31 bits per heavy atom. The van der Waals surface area contributed by atoms with Crippen LogP contribution >= 0.6 is 0 Å². The van der Waals surface area contributed by atoms with Crippen LogP contribution in [0.2, 0.25) is 0 Å². The number of hydrogen-bond acceptors (Lipinski definition) is 2. The number of nitrogens with two attached hydrogens (primary N) is 1. The van der Waals surface area contributed by atoms with E-state index in [0.29, 0.717) is 6.04 Å². The molecule has 1 aliphatic rings. The van der Waals surface area contributed by atoms with Crippen molar-refractivity contribution in [3.63, 3.8) is 0 Å². The molecule has 1 saturated heterocycles. The van der Waals surface area contributed by atoms with Gasteiger partial charge in [0.25, 0.3) is 0 Å². The first-order valence-electron chi connectivity index (χ1n) is 7.17. The molecule has 0 aromatic rings. The molecule has 0 aromatic heterocycles. The van der Waals surface area contributed by atoms with E-state index in [0.717, 1.165) is 18.4 Å². The minimum atomic E-state index is 0.627. The van der Waals surface area contributed by atoms with E-state index in [2.05, 4.69) is 25.7 Å². The maximum absolute atomic E-state index is 5.96. The van der Waals surface area contributed by atoms with Crippen molar-refractivity contribution < 1.29 is 0 Å². The molecular weight excluding hydrogens is 196 g/mol. The monoisotopic (exact) mass is 226 g/mol. The number of likely N-dealkylation sites (tertiary alicyclic amines) is 1. The third-order valence-electron chi connectivity index (χ3n) is 4.13. The van der Waals surface area contributed by atoms with Crippen molar-refractivity contribution in [1.29, 1.82) is 0 Å². The molecule has 0 amide bonds. The van der Waals surface area contributed by atoms with E-state index in [1.807, 2.05) is 0 Å². The van der Waals surface area contributed by atoms with E-state index in [9.17, 15) is 0 Å². The molecule has 16 heavy (non-hydrogen) atoms. The highest BCUT2D eigenvalue weighted by atomic mass is 15.2. The van der Waals surface area contributed by atoms with Crippen LogP contribution in [0.15, 0.2) is 0 Å². The van der Waals surface area contributed by atoms with Crippen molar-refractivity contribution >= 4 is 0 Å². The maximum atomic E-state index is 5.96. The Labute approximate surface area is 102 Å². The van der Waals surface area contributed by atoms with Gasteiger partial charge in [-0.05, 0) is 37.6 Å². The van der Waals surface area contributed by atoms with Gasteiger partial charge < -0.3 is 5.73 Å². The molecule has 0 bridgehead atoms. The third-order valence-corrected chi connectivity index (χ3v) is 4.13. The average Bonchev–Trinajstić information content (AvgIpc) is 2.68. The predicted octanol–water partition coefficient (Wildman–Crippen LogP) is 2.87. The van der Waals surface area contributed by atoms with Crippen molar-refractivity contribution in [3.05, 3.63) is 0 Å². The van der Waals surface area contributed by atoms with Crippen LogP contribution < -0.4 is 5.73 Å². The SMILES string of the molecule is CCCC1CCN(C(CN)C(C)CCC)C1. The van der Waals surface area contributed by atoms with Crippen LogP contribution in [0.25, 0.3) is 0 Å². The molecular formula is C14H30N2. The van der Waals surface area contributed by atoms with Crippen molar-refractivity contribution in [2.75, 3.05) is 19.6 Å². The second-order valence-corrected chi connectivity index (χ2v) is 5.51. The Morgan fingerprint density at radius 3 is 2.62 bits per heavy atom. The van der Waals surface area contributed by atoms with Crippen LogP contribution in [0.4, 0.5) is 0 Å². The van der Waals surface area contributed by atoms with Crippen LogP contribution in [0, 0.1) is 11.8 Å². The van der Waals surface area contributed by atoms with E-state index in [-0.39, 0.29) is 0 Å². The summed E-state index contributed by atoms with van der Waals surface area (Å²) >= 11 is 0. The summed E-state index contributed by atoms with van der Waals surface area (Å²) in [5.74, 6) is 1.70. The smallest absolute Gasteiger partial charge is 0.0244 e. The quantitative estimate of drug-likeness (QED) is 0.723. The molecule has 1 aliphatic heterocycles. The van der Waals surface area contributed by atoms with Crippen LogP contribution in [-0.4, -0.2) is 30.6 Å². The van der Waals surface area contributed by atoms with E-state index < -0.39 is 0 Å². The standard InChI is InChI=1S/C14H30N2/c1-4-6-12(3)14(10-15)16-9-8-13(11-16)7-5-2/h12-14H,4-11,15H2,1-3H3. The molecule has 96 valence electrons. The minimum absolute atomic E-state index is 0.627. The fourth-order valence-corrected chi connectivity index (χ4v) is 3.20. The lowest BCUT2D eigenvalue weighted by atomic mass is 9.95. The fraction of sp³-hybridized carbons (Fsp3) is 1.00. The molecule has 1 heterocycles. The zero-order valence-corrected chi connectivity index (χ0v) is 11.4. The van der Waals surface area contributed by atoms with Gasteiger partial charge in [0.15, 0.2) is 0 Å². The molecule has 1 fully saturated rings. The first-order valence-corrected chi connectivity index (χ1v) is 7.17. The van der Waals surface area contributed by atoms with Gasteiger partial charge >= 0.3 is 0 Å². The van der Waals surface area contributed by atoms with Crippen molar-refractivity contribution in [2.45, 2.75) is 58.9 Å². The minimum Gasteiger partial charge on any atom is -0.329 e. The van der Waals surface area contributed by atoms with Gasteiger partial charge in [-0.3, -0.25) is 4.90 Å². The van der Waals surface area contributed by atoms with Gasteiger partial charge in [0, 0.05) is 19.1 Å². The molecule has 2 heteroatoms. The Morgan fingerprint density at radius 2 is 2.06 bits per heavy atom. The largest absolute Gasteiger partial charge is 0.329 e. The van der Waals surface area contributed by atoms with E-state index in [1.54, 1.807) is 0 Å². The molecule has 2 N–H and O–H groups in total. The van der Waals surface area contributed by atoms with Gasteiger partial charge in [-0.2, -0.15) is 0 Å². The molecule has 0 spiro atoms. The summed E-state index contributed by atoms with van der Waals surface area (Å²) < 4.78 is 0. The van der Waals surface area contributed by atoms with E-state index in [1.165, 1.54) is 45.2 Å².